The molecular formula is C12H8F4N2O2S. The Labute approximate surface area is 117 Å². The zero-order chi connectivity index (χ0) is 15.8. The molecule has 0 aliphatic heterocycles. The fourth-order valence-electron chi connectivity index (χ4n) is 1.59. The molecule has 112 valence electrons. The molecule has 0 heterocycles. The van der Waals surface area contributed by atoms with Gasteiger partial charge in [0.25, 0.3) is 10.0 Å². The van der Waals surface area contributed by atoms with Crippen molar-refractivity contribution in [3.63, 3.8) is 0 Å². The minimum atomic E-state index is -4.43. The lowest BCUT2D eigenvalue weighted by molar-refractivity contribution is 0.498. The number of sulfonamides is 1. The maximum atomic E-state index is 13.4. The van der Waals surface area contributed by atoms with Crippen molar-refractivity contribution >= 4 is 21.4 Å². The van der Waals surface area contributed by atoms with Crippen LogP contribution in [0, 0.1) is 23.3 Å². The molecule has 0 saturated carbocycles. The standard InChI is InChI=1S/C12H8F4N2O2S/c13-6-1-2-11(9(17)4-6)21(19,20)18-10-5-7(14)3-8(15)12(10)16/h1-5,18H,17H2. The Morgan fingerprint density at radius 2 is 1.62 bits per heavy atom. The number of rotatable bonds is 3. The average Bonchev–Trinajstić information content (AvgIpc) is 2.34. The Morgan fingerprint density at radius 3 is 2.24 bits per heavy atom. The molecule has 0 spiro atoms. The lowest BCUT2D eigenvalue weighted by Gasteiger charge is -2.11. The molecule has 2 aromatic carbocycles. The van der Waals surface area contributed by atoms with Crippen molar-refractivity contribution in [2.75, 3.05) is 10.5 Å². The van der Waals surface area contributed by atoms with Gasteiger partial charge in [-0.05, 0) is 18.2 Å². The van der Waals surface area contributed by atoms with E-state index in [0.29, 0.717) is 6.07 Å². The van der Waals surface area contributed by atoms with Crippen molar-refractivity contribution in [2.45, 2.75) is 4.90 Å². The van der Waals surface area contributed by atoms with Crippen LogP contribution in [0.3, 0.4) is 0 Å². The molecule has 0 fully saturated rings. The van der Waals surface area contributed by atoms with E-state index >= 15 is 0 Å². The van der Waals surface area contributed by atoms with Gasteiger partial charge < -0.3 is 5.73 Å². The maximum absolute atomic E-state index is 13.4. The van der Waals surface area contributed by atoms with Crippen molar-refractivity contribution < 1.29 is 26.0 Å². The average molecular weight is 320 g/mol. The first-order valence-corrected chi connectivity index (χ1v) is 6.91. The van der Waals surface area contributed by atoms with Crippen LogP contribution in [-0.2, 0) is 10.0 Å². The monoisotopic (exact) mass is 320 g/mol. The van der Waals surface area contributed by atoms with E-state index in [0.717, 1.165) is 18.2 Å². The van der Waals surface area contributed by atoms with Gasteiger partial charge in [-0.1, -0.05) is 0 Å². The van der Waals surface area contributed by atoms with Gasteiger partial charge in [-0.15, -0.1) is 0 Å². The normalized spacial score (nSPS) is 11.4. The summed E-state index contributed by atoms with van der Waals surface area (Å²) in [6, 6.07) is 3.15. The highest BCUT2D eigenvalue weighted by molar-refractivity contribution is 7.92. The van der Waals surface area contributed by atoms with Gasteiger partial charge in [0.2, 0.25) is 0 Å². The first kappa shape index (κ1) is 15.1. The molecule has 21 heavy (non-hydrogen) atoms. The zero-order valence-electron chi connectivity index (χ0n) is 10.2. The Balaban J connectivity index is 2.47. The van der Waals surface area contributed by atoms with Gasteiger partial charge in [0.1, 0.15) is 16.5 Å². The highest BCUT2D eigenvalue weighted by Crippen LogP contribution is 2.25. The van der Waals surface area contributed by atoms with E-state index in [4.69, 9.17) is 5.73 Å². The van der Waals surface area contributed by atoms with E-state index in [-0.39, 0.29) is 6.07 Å². The third-order valence-corrected chi connectivity index (χ3v) is 3.94. The van der Waals surface area contributed by atoms with Crippen LogP contribution in [0.15, 0.2) is 35.2 Å². The van der Waals surface area contributed by atoms with Crippen molar-refractivity contribution in [1.29, 1.82) is 0 Å². The summed E-state index contributed by atoms with van der Waals surface area (Å²) in [6.45, 7) is 0. The topological polar surface area (TPSA) is 72.2 Å². The molecule has 3 N–H and O–H groups in total. The van der Waals surface area contributed by atoms with Gasteiger partial charge in [-0.25, -0.2) is 26.0 Å². The van der Waals surface area contributed by atoms with Gasteiger partial charge in [0.05, 0.1) is 11.4 Å². The van der Waals surface area contributed by atoms with Crippen molar-refractivity contribution in [3.8, 4) is 0 Å². The molecule has 0 aliphatic carbocycles. The van der Waals surface area contributed by atoms with Gasteiger partial charge in [-0.2, -0.15) is 0 Å². The molecule has 0 amide bonds. The van der Waals surface area contributed by atoms with Gasteiger partial charge >= 0.3 is 0 Å². The van der Waals surface area contributed by atoms with E-state index in [1.54, 1.807) is 4.72 Å². The first-order valence-electron chi connectivity index (χ1n) is 5.43. The van der Waals surface area contributed by atoms with E-state index in [1.165, 1.54) is 0 Å². The van der Waals surface area contributed by atoms with Crippen LogP contribution >= 0.6 is 0 Å². The smallest absolute Gasteiger partial charge is 0.264 e. The number of hydrogen-bond donors (Lipinski definition) is 2. The van der Waals surface area contributed by atoms with Crippen molar-refractivity contribution in [2.24, 2.45) is 0 Å². The minimum absolute atomic E-state index is 0.263. The number of halogens is 4. The molecule has 0 atom stereocenters. The van der Waals surface area contributed by atoms with E-state index < -0.39 is 49.6 Å². The van der Waals surface area contributed by atoms with Crippen LogP contribution in [0.25, 0.3) is 0 Å². The van der Waals surface area contributed by atoms with Crippen LogP contribution in [0.2, 0.25) is 0 Å². The van der Waals surface area contributed by atoms with E-state index in [2.05, 4.69) is 0 Å². The number of hydrogen-bond acceptors (Lipinski definition) is 3. The molecule has 0 aliphatic rings. The lowest BCUT2D eigenvalue weighted by atomic mass is 10.3. The quantitative estimate of drug-likeness (QED) is 0.519. The van der Waals surface area contributed by atoms with Gasteiger partial charge in [0.15, 0.2) is 11.6 Å². The number of nitrogen functional groups attached to an aromatic ring is 1. The largest absolute Gasteiger partial charge is 0.398 e. The molecule has 0 radical (unpaired) electrons. The Bertz CT molecular complexity index is 809. The summed E-state index contributed by atoms with van der Waals surface area (Å²) in [7, 11) is -4.43. The third-order valence-electron chi connectivity index (χ3n) is 2.50. The predicted molar refractivity (Wildman–Crippen MR) is 67.9 cm³/mol. The van der Waals surface area contributed by atoms with Crippen LogP contribution in [0.1, 0.15) is 0 Å². The summed E-state index contributed by atoms with van der Waals surface area (Å²) in [4.78, 5) is -0.548. The van der Waals surface area contributed by atoms with Crippen LogP contribution in [-0.4, -0.2) is 8.42 Å². The second-order valence-corrected chi connectivity index (χ2v) is 5.69. The zero-order valence-corrected chi connectivity index (χ0v) is 11.0. The van der Waals surface area contributed by atoms with E-state index in [9.17, 15) is 26.0 Å². The van der Waals surface area contributed by atoms with Crippen molar-refractivity contribution in [3.05, 3.63) is 53.6 Å². The predicted octanol–water partition coefficient (Wildman–Crippen LogP) is 2.63. The van der Waals surface area contributed by atoms with Gasteiger partial charge in [-0.3, -0.25) is 4.72 Å². The highest BCUT2D eigenvalue weighted by atomic mass is 32.2. The summed E-state index contributed by atoms with van der Waals surface area (Å²) in [5.41, 5.74) is 4.01. The van der Waals surface area contributed by atoms with Crippen LogP contribution in [0.5, 0.6) is 0 Å². The molecular weight excluding hydrogens is 312 g/mol. The summed E-state index contributed by atoms with van der Waals surface area (Å²) >= 11 is 0. The SMILES string of the molecule is Nc1cc(F)ccc1S(=O)(=O)Nc1cc(F)cc(F)c1F. The molecule has 2 aromatic rings. The van der Waals surface area contributed by atoms with Gasteiger partial charge in [0, 0.05) is 12.1 Å². The number of nitrogens with one attached hydrogen (secondary N) is 1. The van der Waals surface area contributed by atoms with Crippen LogP contribution in [0.4, 0.5) is 28.9 Å². The summed E-state index contributed by atoms with van der Waals surface area (Å²) in [5.74, 6) is -5.06. The minimum Gasteiger partial charge on any atom is -0.398 e. The number of anilines is 2. The maximum Gasteiger partial charge on any atom is 0.264 e. The van der Waals surface area contributed by atoms with E-state index in [1.807, 2.05) is 0 Å². The molecule has 4 nitrogen and oxygen atoms in total. The Kier molecular flexibility index (Phi) is 3.77. The van der Waals surface area contributed by atoms with Crippen molar-refractivity contribution in [1.82, 2.24) is 0 Å². The second kappa shape index (κ2) is 5.24. The highest BCUT2D eigenvalue weighted by Gasteiger charge is 2.21. The summed E-state index contributed by atoms with van der Waals surface area (Å²) < 4.78 is 78.0. The fourth-order valence-corrected chi connectivity index (χ4v) is 2.76. The third kappa shape index (κ3) is 3.07. The lowest BCUT2D eigenvalue weighted by Crippen LogP contribution is -2.16. The Hall–Kier alpha value is -2.29. The molecule has 9 heteroatoms. The molecule has 0 saturated heterocycles. The summed E-state index contributed by atoms with van der Waals surface area (Å²) in [6.07, 6.45) is 0. The molecule has 2 rings (SSSR count). The molecule has 0 bridgehead atoms. The molecule has 0 unspecified atom stereocenters. The number of nitrogens with two attached hydrogens (primary N) is 1. The fraction of sp³-hybridized carbons (Fsp3) is 0. The number of benzene rings is 2. The van der Waals surface area contributed by atoms with Crippen LogP contribution < -0.4 is 10.5 Å². The summed E-state index contributed by atoms with van der Waals surface area (Å²) in [5, 5.41) is 0. The Morgan fingerprint density at radius 1 is 0.952 bits per heavy atom. The first-order chi connectivity index (χ1) is 9.70. The molecule has 0 aromatic heterocycles. The second-order valence-electron chi connectivity index (χ2n) is 4.04.